The zero-order valence-corrected chi connectivity index (χ0v) is 21.8. The molecule has 1 saturated heterocycles. The molecular formula is C26H36ClN3O2S. The van der Waals surface area contributed by atoms with E-state index in [0.29, 0.717) is 29.1 Å². The van der Waals surface area contributed by atoms with Gasteiger partial charge in [0.1, 0.15) is 0 Å². The van der Waals surface area contributed by atoms with Crippen LogP contribution in [0.3, 0.4) is 0 Å². The fourth-order valence-corrected chi connectivity index (χ4v) is 5.57. The van der Waals surface area contributed by atoms with Crippen LogP contribution in [0.15, 0.2) is 40.4 Å². The number of carbonyl (C=O) groups is 1. The first-order valence-corrected chi connectivity index (χ1v) is 13.2. The minimum Gasteiger partial charge on any atom is -0.381 e. The highest BCUT2D eigenvalue weighted by Gasteiger charge is 2.25. The molecule has 1 amide bonds. The second-order valence-electron chi connectivity index (χ2n) is 8.48. The van der Waals surface area contributed by atoms with E-state index in [9.17, 15) is 4.79 Å². The number of ether oxygens (including phenoxy) is 1. The molecule has 1 unspecified atom stereocenters. The summed E-state index contributed by atoms with van der Waals surface area (Å²) < 4.78 is 5.54. The number of amides is 1. The van der Waals surface area contributed by atoms with Gasteiger partial charge in [0.2, 0.25) is 0 Å². The van der Waals surface area contributed by atoms with Crippen molar-refractivity contribution in [1.82, 2.24) is 5.32 Å². The smallest absolute Gasteiger partial charge is 0.251 e. The van der Waals surface area contributed by atoms with Gasteiger partial charge in [-0.15, -0.1) is 0 Å². The Labute approximate surface area is 207 Å². The Morgan fingerprint density at radius 3 is 2.76 bits per heavy atom. The maximum absolute atomic E-state index is 13.2. The molecule has 1 fully saturated rings. The molecule has 1 aromatic rings. The van der Waals surface area contributed by atoms with E-state index >= 15 is 0 Å². The molecule has 2 aliphatic heterocycles. The average Bonchev–Trinajstić information content (AvgIpc) is 2.84. The molecule has 7 heteroatoms. The molecule has 1 N–H and O–H groups in total. The minimum atomic E-state index is -0.115. The standard InChI is InChI=1S/C26H36ClN3O2S/c1-5-14-33-26-19(6-2)8-9-21(29-26)17-28-25(31)23-15-20(27)16-24(18(23)4)30(7-3)22-10-12-32-13-11-22/h5,9,14-16,19,22H,6-8,10-13,17H2,1-4H3,(H,28,31). The number of rotatable bonds is 8. The van der Waals surface area contributed by atoms with Crippen LogP contribution in [0.1, 0.15) is 62.4 Å². The molecule has 0 aliphatic carbocycles. The first-order valence-electron chi connectivity index (χ1n) is 12.0. The van der Waals surface area contributed by atoms with Crippen LogP contribution in [-0.4, -0.2) is 43.3 Å². The van der Waals surface area contributed by atoms with Crippen molar-refractivity contribution in [1.29, 1.82) is 0 Å². The first-order chi connectivity index (χ1) is 16.0. The van der Waals surface area contributed by atoms with E-state index in [2.05, 4.69) is 35.5 Å². The quantitative estimate of drug-likeness (QED) is 0.461. The number of hydrogen-bond acceptors (Lipinski definition) is 5. The monoisotopic (exact) mass is 489 g/mol. The van der Waals surface area contributed by atoms with Crippen molar-refractivity contribution in [2.24, 2.45) is 10.9 Å². The number of hydrogen-bond donors (Lipinski definition) is 1. The van der Waals surface area contributed by atoms with Gasteiger partial charge >= 0.3 is 0 Å². The average molecular weight is 490 g/mol. The van der Waals surface area contributed by atoms with Crippen LogP contribution in [0.25, 0.3) is 0 Å². The summed E-state index contributed by atoms with van der Waals surface area (Å²) in [6.07, 6.45) is 8.17. The number of allylic oxidation sites excluding steroid dienone is 2. The fourth-order valence-electron chi connectivity index (χ4n) is 4.46. The van der Waals surface area contributed by atoms with Gasteiger partial charge in [-0.25, -0.2) is 4.99 Å². The van der Waals surface area contributed by atoms with Crippen molar-refractivity contribution in [3.8, 4) is 0 Å². The number of aliphatic imine (C=N–C) groups is 1. The Morgan fingerprint density at radius 1 is 1.33 bits per heavy atom. The van der Waals surface area contributed by atoms with Gasteiger partial charge in [-0.1, -0.05) is 42.4 Å². The van der Waals surface area contributed by atoms with Gasteiger partial charge in [0.05, 0.1) is 17.3 Å². The zero-order valence-electron chi connectivity index (χ0n) is 20.2. The van der Waals surface area contributed by atoms with E-state index in [-0.39, 0.29) is 5.91 Å². The van der Waals surface area contributed by atoms with Crippen LogP contribution in [0.4, 0.5) is 5.69 Å². The lowest BCUT2D eigenvalue weighted by atomic mass is 10.00. The van der Waals surface area contributed by atoms with Crippen LogP contribution in [0.2, 0.25) is 5.02 Å². The van der Waals surface area contributed by atoms with E-state index in [4.69, 9.17) is 21.3 Å². The SMILES string of the molecule is CC=CSC1=NC(CNC(=O)c2cc(Cl)cc(N(CC)C3CCOCC3)c2C)=CCC1CC. The number of thioether (sulfide) groups is 1. The maximum atomic E-state index is 13.2. The molecule has 5 nitrogen and oxygen atoms in total. The third-order valence-corrected chi connectivity index (χ3v) is 7.65. The summed E-state index contributed by atoms with van der Waals surface area (Å²) in [5.41, 5.74) is 3.53. The van der Waals surface area contributed by atoms with Gasteiger partial charge in [-0.2, -0.15) is 0 Å². The van der Waals surface area contributed by atoms with Gasteiger partial charge in [0.15, 0.2) is 0 Å². The molecule has 0 spiro atoms. The number of halogens is 1. The van der Waals surface area contributed by atoms with E-state index in [1.165, 1.54) is 0 Å². The van der Waals surface area contributed by atoms with Crippen LogP contribution < -0.4 is 10.2 Å². The van der Waals surface area contributed by atoms with Crippen LogP contribution in [0.5, 0.6) is 0 Å². The maximum Gasteiger partial charge on any atom is 0.251 e. The Balaban J connectivity index is 1.75. The van der Waals surface area contributed by atoms with Crippen molar-refractivity contribution in [3.63, 3.8) is 0 Å². The highest BCUT2D eigenvalue weighted by Crippen LogP contribution is 2.32. The Bertz CT molecular complexity index is 922. The van der Waals surface area contributed by atoms with Crippen molar-refractivity contribution < 1.29 is 9.53 Å². The van der Waals surface area contributed by atoms with Gasteiger partial charge in [-0.05, 0) is 69.6 Å². The molecule has 2 aliphatic rings. The Hall–Kier alpha value is -1.76. The summed E-state index contributed by atoms with van der Waals surface area (Å²) >= 11 is 8.15. The fraction of sp³-hybridized carbons (Fsp3) is 0.538. The lowest BCUT2D eigenvalue weighted by Gasteiger charge is -2.36. The van der Waals surface area contributed by atoms with Crippen LogP contribution in [-0.2, 0) is 4.74 Å². The van der Waals surface area contributed by atoms with E-state index in [0.717, 1.165) is 67.4 Å². The molecule has 1 aromatic carbocycles. The Kier molecular flexibility index (Phi) is 9.90. The molecule has 1 atom stereocenters. The van der Waals surface area contributed by atoms with Crippen LogP contribution in [0, 0.1) is 12.8 Å². The zero-order chi connectivity index (χ0) is 23.8. The van der Waals surface area contributed by atoms with Gasteiger partial charge < -0.3 is 15.0 Å². The van der Waals surface area contributed by atoms with Gasteiger partial charge in [0.25, 0.3) is 5.91 Å². The summed E-state index contributed by atoms with van der Waals surface area (Å²) in [6.45, 7) is 11.2. The second kappa shape index (κ2) is 12.6. The summed E-state index contributed by atoms with van der Waals surface area (Å²) in [5.74, 6) is 0.337. The molecule has 3 rings (SSSR count). The predicted octanol–water partition coefficient (Wildman–Crippen LogP) is 6.36. The highest BCUT2D eigenvalue weighted by atomic mass is 35.5. The lowest BCUT2D eigenvalue weighted by Crippen LogP contribution is -2.40. The predicted molar refractivity (Wildman–Crippen MR) is 142 cm³/mol. The third-order valence-electron chi connectivity index (χ3n) is 6.36. The van der Waals surface area contributed by atoms with E-state index < -0.39 is 0 Å². The number of anilines is 1. The van der Waals surface area contributed by atoms with Gasteiger partial charge in [0, 0.05) is 48.0 Å². The molecular weight excluding hydrogens is 454 g/mol. The number of nitrogens with zero attached hydrogens (tertiary/aromatic N) is 2. The second-order valence-corrected chi connectivity index (χ2v) is 9.85. The third kappa shape index (κ3) is 6.65. The van der Waals surface area contributed by atoms with E-state index in [1.807, 2.05) is 26.0 Å². The Morgan fingerprint density at radius 2 is 2.09 bits per heavy atom. The molecule has 0 saturated carbocycles. The van der Waals surface area contributed by atoms with E-state index in [1.54, 1.807) is 17.8 Å². The number of benzene rings is 1. The van der Waals surface area contributed by atoms with Crippen molar-refractivity contribution in [3.05, 3.63) is 51.5 Å². The topological polar surface area (TPSA) is 53.9 Å². The summed E-state index contributed by atoms with van der Waals surface area (Å²) in [7, 11) is 0. The molecule has 0 bridgehead atoms. The largest absolute Gasteiger partial charge is 0.381 e. The number of carbonyl (C=O) groups excluding carboxylic acids is 1. The van der Waals surface area contributed by atoms with Crippen LogP contribution >= 0.6 is 23.4 Å². The first kappa shape index (κ1) is 25.9. The molecule has 33 heavy (non-hydrogen) atoms. The minimum absolute atomic E-state index is 0.115. The van der Waals surface area contributed by atoms with Crippen molar-refractivity contribution in [2.75, 3.05) is 31.2 Å². The summed E-state index contributed by atoms with van der Waals surface area (Å²) in [5, 5.41) is 6.84. The molecule has 0 radical (unpaired) electrons. The summed E-state index contributed by atoms with van der Waals surface area (Å²) in [6, 6.07) is 4.15. The lowest BCUT2D eigenvalue weighted by molar-refractivity contribution is 0.0846. The van der Waals surface area contributed by atoms with Crippen molar-refractivity contribution in [2.45, 2.75) is 59.4 Å². The normalized spacial score (nSPS) is 19.4. The highest BCUT2D eigenvalue weighted by molar-refractivity contribution is 8.16. The number of nitrogens with one attached hydrogen (secondary N) is 1. The molecule has 180 valence electrons. The molecule has 2 heterocycles. The molecule has 0 aromatic heterocycles. The van der Waals surface area contributed by atoms with Gasteiger partial charge in [-0.3, -0.25) is 4.79 Å². The van der Waals surface area contributed by atoms with Crippen molar-refractivity contribution >= 4 is 40.0 Å². The summed E-state index contributed by atoms with van der Waals surface area (Å²) in [4.78, 5) is 20.4.